The minimum atomic E-state index is -0.307. The molecule has 1 aliphatic heterocycles. The van der Waals surface area contributed by atoms with Crippen LogP contribution in [0, 0.1) is 12.7 Å². The number of nitrogens with zero attached hydrogens (tertiary/aromatic N) is 2. The van der Waals surface area contributed by atoms with E-state index in [-0.39, 0.29) is 24.0 Å². The third kappa shape index (κ3) is 4.22. The van der Waals surface area contributed by atoms with Crippen molar-refractivity contribution in [3.05, 3.63) is 71.8 Å². The zero-order chi connectivity index (χ0) is 21.1. The molecule has 0 bridgehead atoms. The number of para-hydroxylation sites is 2. The average molecular weight is 410 g/mol. The number of aromatic nitrogens is 2. The quantitative estimate of drug-likeness (QED) is 0.675. The van der Waals surface area contributed by atoms with Crippen LogP contribution in [0.3, 0.4) is 0 Å². The summed E-state index contributed by atoms with van der Waals surface area (Å²) in [6, 6.07) is 13.0. The van der Waals surface area contributed by atoms with Gasteiger partial charge in [0.15, 0.2) is 17.6 Å². The standard InChI is InChI=1S/C22H23FN4O3/c1-14(19-12-25-27(15(19)2)17-9-7-16(23)8-10-17)26-22(28)24-11-18-13-29-20-5-3-4-6-21(20)30-18/h3-10,12,14,18H,11,13H2,1-2H3,(H2,24,26,28)/t14-,18-/m0/s1. The minimum absolute atomic E-state index is 0.260. The molecule has 0 aliphatic carbocycles. The first-order valence-electron chi connectivity index (χ1n) is 9.74. The Labute approximate surface area is 173 Å². The van der Waals surface area contributed by atoms with Crippen molar-refractivity contribution in [1.29, 1.82) is 0 Å². The van der Waals surface area contributed by atoms with Gasteiger partial charge in [0.05, 0.1) is 24.5 Å². The van der Waals surface area contributed by atoms with E-state index in [0.29, 0.717) is 24.7 Å². The highest BCUT2D eigenvalue weighted by Crippen LogP contribution is 2.30. The molecule has 3 aromatic rings. The Bertz CT molecular complexity index is 1040. The Kier molecular flexibility index (Phi) is 5.56. The second kappa shape index (κ2) is 8.44. The number of nitrogens with one attached hydrogen (secondary N) is 2. The molecule has 4 rings (SSSR count). The second-order valence-electron chi connectivity index (χ2n) is 7.15. The summed E-state index contributed by atoms with van der Waals surface area (Å²) >= 11 is 0. The lowest BCUT2D eigenvalue weighted by Crippen LogP contribution is -2.45. The molecule has 0 saturated carbocycles. The summed E-state index contributed by atoms with van der Waals surface area (Å²) in [6.07, 6.45) is 1.45. The van der Waals surface area contributed by atoms with Gasteiger partial charge < -0.3 is 20.1 Å². The van der Waals surface area contributed by atoms with E-state index in [1.807, 2.05) is 38.1 Å². The fourth-order valence-electron chi connectivity index (χ4n) is 3.39. The zero-order valence-corrected chi connectivity index (χ0v) is 16.8. The number of hydrogen-bond acceptors (Lipinski definition) is 4. The van der Waals surface area contributed by atoms with Gasteiger partial charge in [0.1, 0.15) is 12.4 Å². The predicted octanol–water partition coefficient (Wildman–Crippen LogP) is 3.52. The highest BCUT2D eigenvalue weighted by molar-refractivity contribution is 5.74. The van der Waals surface area contributed by atoms with Gasteiger partial charge in [0.25, 0.3) is 0 Å². The molecule has 2 heterocycles. The van der Waals surface area contributed by atoms with Crippen LogP contribution in [0.15, 0.2) is 54.7 Å². The molecule has 0 unspecified atom stereocenters. The molecule has 1 aliphatic rings. The minimum Gasteiger partial charge on any atom is -0.486 e. The number of amides is 2. The second-order valence-corrected chi connectivity index (χ2v) is 7.15. The van der Waals surface area contributed by atoms with Crippen molar-refractivity contribution in [2.24, 2.45) is 0 Å². The van der Waals surface area contributed by atoms with Gasteiger partial charge in [0, 0.05) is 11.3 Å². The van der Waals surface area contributed by atoms with Crippen molar-refractivity contribution < 1.29 is 18.7 Å². The summed E-state index contributed by atoms with van der Waals surface area (Å²) in [5.41, 5.74) is 2.50. The molecule has 7 nitrogen and oxygen atoms in total. The monoisotopic (exact) mass is 410 g/mol. The predicted molar refractivity (Wildman–Crippen MR) is 110 cm³/mol. The molecule has 2 aromatic carbocycles. The van der Waals surface area contributed by atoms with Crippen molar-refractivity contribution in [2.45, 2.75) is 26.0 Å². The zero-order valence-electron chi connectivity index (χ0n) is 16.8. The van der Waals surface area contributed by atoms with Crippen molar-refractivity contribution in [2.75, 3.05) is 13.2 Å². The molecule has 8 heteroatoms. The Morgan fingerprint density at radius 1 is 1.23 bits per heavy atom. The van der Waals surface area contributed by atoms with E-state index in [2.05, 4.69) is 15.7 Å². The number of rotatable bonds is 5. The smallest absolute Gasteiger partial charge is 0.315 e. The van der Waals surface area contributed by atoms with E-state index < -0.39 is 0 Å². The van der Waals surface area contributed by atoms with Crippen molar-refractivity contribution >= 4 is 6.03 Å². The van der Waals surface area contributed by atoms with Gasteiger partial charge in [-0.2, -0.15) is 5.10 Å². The maximum Gasteiger partial charge on any atom is 0.315 e. The molecule has 156 valence electrons. The molecule has 30 heavy (non-hydrogen) atoms. The number of carbonyl (C=O) groups is 1. The van der Waals surface area contributed by atoms with Crippen LogP contribution in [0.25, 0.3) is 5.69 Å². The molecule has 0 fully saturated rings. The third-order valence-electron chi connectivity index (χ3n) is 4.99. The molecule has 1 aromatic heterocycles. The van der Waals surface area contributed by atoms with E-state index in [9.17, 15) is 9.18 Å². The summed E-state index contributed by atoms with van der Waals surface area (Å²) < 4.78 is 26.4. The third-order valence-corrected chi connectivity index (χ3v) is 4.99. The van der Waals surface area contributed by atoms with E-state index in [1.165, 1.54) is 12.1 Å². The van der Waals surface area contributed by atoms with Crippen LogP contribution in [-0.4, -0.2) is 35.1 Å². The molecule has 0 saturated heterocycles. The maximum absolute atomic E-state index is 13.2. The Morgan fingerprint density at radius 3 is 2.73 bits per heavy atom. The van der Waals surface area contributed by atoms with Crippen LogP contribution >= 0.6 is 0 Å². The molecule has 2 atom stereocenters. The van der Waals surface area contributed by atoms with Crippen LogP contribution in [0.5, 0.6) is 11.5 Å². The van der Waals surface area contributed by atoms with E-state index in [4.69, 9.17) is 9.47 Å². The van der Waals surface area contributed by atoms with Gasteiger partial charge in [-0.05, 0) is 50.2 Å². The van der Waals surface area contributed by atoms with Crippen molar-refractivity contribution in [3.8, 4) is 17.2 Å². The molecule has 2 N–H and O–H groups in total. The van der Waals surface area contributed by atoms with Crippen LogP contribution in [0.1, 0.15) is 24.2 Å². The van der Waals surface area contributed by atoms with Crippen LogP contribution in [0.4, 0.5) is 9.18 Å². The number of fused-ring (bicyclic) bond motifs is 1. The summed E-state index contributed by atoms with van der Waals surface area (Å²) in [7, 11) is 0. The lowest BCUT2D eigenvalue weighted by molar-refractivity contribution is 0.0917. The van der Waals surface area contributed by atoms with Gasteiger partial charge in [-0.3, -0.25) is 0 Å². The summed E-state index contributed by atoms with van der Waals surface area (Å²) in [6.45, 7) is 4.48. The normalized spacial score (nSPS) is 16.0. The van der Waals surface area contributed by atoms with Gasteiger partial charge in [-0.1, -0.05) is 12.1 Å². The Morgan fingerprint density at radius 2 is 1.97 bits per heavy atom. The van der Waals surface area contributed by atoms with Gasteiger partial charge >= 0.3 is 6.03 Å². The Balaban J connectivity index is 1.32. The number of halogens is 1. The van der Waals surface area contributed by atoms with Crippen molar-refractivity contribution in [1.82, 2.24) is 20.4 Å². The molecular formula is C22H23FN4O3. The Hall–Kier alpha value is -3.55. The van der Waals surface area contributed by atoms with Gasteiger partial charge in [-0.25, -0.2) is 13.9 Å². The fraction of sp³-hybridized carbons (Fsp3) is 0.273. The summed E-state index contributed by atoms with van der Waals surface area (Å²) in [5.74, 6) is 1.08. The number of urea groups is 1. The topological polar surface area (TPSA) is 77.4 Å². The van der Waals surface area contributed by atoms with Crippen LogP contribution < -0.4 is 20.1 Å². The van der Waals surface area contributed by atoms with Gasteiger partial charge in [-0.15, -0.1) is 0 Å². The van der Waals surface area contributed by atoms with Gasteiger partial charge in [0.2, 0.25) is 0 Å². The molecular weight excluding hydrogens is 387 g/mol. The summed E-state index contributed by atoms with van der Waals surface area (Å²) in [4.78, 5) is 12.4. The fourth-order valence-corrected chi connectivity index (χ4v) is 3.39. The largest absolute Gasteiger partial charge is 0.486 e. The van der Waals surface area contributed by atoms with Crippen molar-refractivity contribution in [3.63, 3.8) is 0 Å². The first kappa shape index (κ1) is 19.8. The first-order chi connectivity index (χ1) is 14.5. The molecule has 2 amide bonds. The maximum atomic E-state index is 13.2. The SMILES string of the molecule is Cc1c([C@H](C)NC(=O)NC[C@H]2COc3ccccc3O2)cnn1-c1ccc(F)cc1. The van der Waals surface area contributed by atoms with E-state index in [0.717, 1.165) is 16.9 Å². The molecule has 0 spiro atoms. The van der Waals surface area contributed by atoms with Crippen LogP contribution in [0.2, 0.25) is 0 Å². The number of benzene rings is 2. The van der Waals surface area contributed by atoms with Crippen LogP contribution in [-0.2, 0) is 0 Å². The van der Waals surface area contributed by atoms with E-state index in [1.54, 1.807) is 23.0 Å². The lowest BCUT2D eigenvalue weighted by atomic mass is 10.1. The average Bonchev–Trinajstić information content (AvgIpc) is 3.14. The number of hydrogen-bond donors (Lipinski definition) is 2. The number of ether oxygens (including phenoxy) is 2. The highest BCUT2D eigenvalue weighted by Gasteiger charge is 2.22. The highest BCUT2D eigenvalue weighted by atomic mass is 19.1. The molecule has 0 radical (unpaired) electrons. The first-order valence-corrected chi connectivity index (χ1v) is 9.74. The number of carbonyl (C=O) groups excluding carboxylic acids is 1. The van der Waals surface area contributed by atoms with E-state index >= 15 is 0 Å². The lowest BCUT2D eigenvalue weighted by Gasteiger charge is -2.26. The summed E-state index contributed by atoms with van der Waals surface area (Å²) in [5, 5.41) is 10.1.